The van der Waals surface area contributed by atoms with Crippen molar-refractivity contribution in [1.82, 2.24) is 3.26 Å². The monoisotopic (exact) mass is 416 g/mol. The van der Waals surface area contributed by atoms with Crippen LogP contribution in [-0.4, -0.2) is 12.4 Å². The second kappa shape index (κ2) is 5.64. The van der Waals surface area contributed by atoms with Gasteiger partial charge in [0.05, 0.1) is 0 Å². The summed E-state index contributed by atoms with van der Waals surface area (Å²) >= 11 is -3.69. The van der Waals surface area contributed by atoms with Crippen LogP contribution in [0.2, 0.25) is 12.4 Å². The summed E-state index contributed by atoms with van der Waals surface area (Å²) in [5.74, 6) is 0. The molecule has 0 radical (unpaired) electrons. The molecule has 5 heteroatoms. The second-order valence-electron chi connectivity index (χ2n) is 9.56. The topological polar surface area (TPSA) is 12.0 Å². The first-order chi connectivity index (χ1) is 7.62. The van der Waals surface area contributed by atoms with Crippen LogP contribution in [0.3, 0.4) is 0 Å². The Hall–Kier alpha value is 1.12. The Morgan fingerprint density at radius 3 is 1.75 bits per heavy atom. The molecular weight excluding hydrogens is 384 g/mol. The molecule has 1 N–H and O–H groups in total. The van der Waals surface area contributed by atoms with Crippen molar-refractivity contribution in [2.75, 3.05) is 0 Å². The average molecular weight is 419 g/mol. The van der Waals surface area contributed by atoms with Crippen LogP contribution in [0.1, 0.15) is 48.0 Å². The van der Waals surface area contributed by atoms with E-state index in [0.29, 0.717) is 3.12 Å². The van der Waals surface area contributed by atoms with Crippen molar-refractivity contribution in [3.05, 3.63) is 21.5 Å². The van der Waals surface area contributed by atoms with Crippen molar-refractivity contribution in [3.8, 4) is 0 Å². The van der Waals surface area contributed by atoms with E-state index < -0.39 is 16.2 Å². The van der Waals surface area contributed by atoms with E-state index in [1.165, 1.54) is 0 Å². The van der Waals surface area contributed by atoms with Crippen LogP contribution in [0.5, 0.6) is 0 Å². The molecular formula is C15H34Cl2NSiZr. The van der Waals surface area contributed by atoms with Gasteiger partial charge in [-0.15, -0.1) is 24.8 Å². The van der Waals surface area contributed by atoms with Crippen LogP contribution in [-0.2, 0) is 16.2 Å². The molecule has 0 aliphatic heterocycles. The molecule has 1 aliphatic rings. The van der Waals surface area contributed by atoms with Crippen molar-refractivity contribution < 1.29 is 16.2 Å². The normalized spacial score (nSPS) is 19.3. The SMILES string of the molecule is CC(C)(C)[NH][Zr]([CH3])([CH3])(=[SiH2])([C]1=CC=CC1)[C](C)(C)C.Cl.Cl. The number of rotatable bonds is 2. The molecule has 1 rings (SSSR count). The third kappa shape index (κ3) is 3.71. The molecule has 0 aromatic carbocycles. The molecule has 0 fully saturated rings. The summed E-state index contributed by atoms with van der Waals surface area (Å²) in [5, 5.41) is 0. The van der Waals surface area contributed by atoms with Crippen molar-refractivity contribution >= 4 is 31.7 Å². The first-order valence-corrected chi connectivity index (χ1v) is 21.6. The van der Waals surface area contributed by atoms with Gasteiger partial charge < -0.3 is 0 Å². The molecule has 121 valence electrons. The van der Waals surface area contributed by atoms with Gasteiger partial charge in [0.2, 0.25) is 0 Å². The van der Waals surface area contributed by atoms with E-state index in [1.807, 2.05) is 0 Å². The zero-order valence-corrected chi connectivity index (χ0v) is 20.0. The zero-order valence-electron chi connectivity index (χ0n) is 14.5. The maximum atomic E-state index is 4.17. The van der Waals surface area contributed by atoms with Gasteiger partial charge in [-0.2, -0.15) is 0 Å². The molecule has 1 aliphatic carbocycles. The van der Waals surface area contributed by atoms with Crippen LogP contribution in [0.4, 0.5) is 0 Å². The maximum absolute atomic E-state index is 4.17. The fourth-order valence-corrected chi connectivity index (χ4v) is 22.4. The third-order valence-corrected chi connectivity index (χ3v) is 40.1. The molecule has 0 atom stereocenters. The summed E-state index contributed by atoms with van der Waals surface area (Å²) < 4.78 is 11.3. The van der Waals surface area contributed by atoms with Gasteiger partial charge in [-0.05, 0) is 0 Å². The number of hydrogen-bond acceptors (Lipinski definition) is 1. The van der Waals surface area contributed by atoms with Crippen LogP contribution in [0, 0.1) is 0 Å². The maximum Gasteiger partial charge on any atom is -0.147 e. The Kier molecular flexibility index (Phi) is 6.59. The number of hydrogen-bond donors (Lipinski definition) is 1. The predicted octanol–water partition coefficient (Wildman–Crippen LogP) is 5.06. The van der Waals surface area contributed by atoms with Gasteiger partial charge in [0.15, 0.2) is 0 Å². The van der Waals surface area contributed by atoms with Gasteiger partial charge in [0, 0.05) is 0 Å². The molecule has 0 saturated heterocycles. The minimum atomic E-state index is -3.69. The molecule has 0 spiro atoms. The van der Waals surface area contributed by atoms with Crippen LogP contribution in [0.25, 0.3) is 0 Å². The largest absolute Gasteiger partial charge is 0.147 e. The van der Waals surface area contributed by atoms with Gasteiger partial charge in [-0.1, -0.05) is 0 Å². The quantitative estimate of drug-likeness (QED) is 0.618. The van der Waals surface area contributed by atoms with E-state index in [1.54, 1.807) is 3.28 Å². The Morgan fingerprint density at radius 1 is 1.05 bits per heavy atom. The summed E-state index contributed by atoms with van der Waals surface area (Å²) in [4.78, 5) is 0. The number of nitrogens with one attached hydrogen (secondary N) is 1. The molecule has 0 bridgehead atoms. The summed E-state index contributed by atoms with van der Waals surface area (Å²) in [6.07, 6.45) is 8.06. The number of allylic oxidation sites excluding steroid dienone is 4. The van der Waals surface area contributed by atoms with Gasteiger partial charge in [-0.25, -0.2) is 0 Å². The van der Waals surface area contributed by atoms with Crippen molar-refractivity contribution in [1.29, 1.82) is 0 Å². The molecule has 0 amide bonds. The van der Waals surface area contributed by atoms with E-state index in [-0.39, 0.29) is 30.4 Å². The first kappa shape index (κ1) is 23.4. The van der Waals surface area contributed by atoms with Gasteiger partial charge in [-0.3, -0.25) is 0 Å². The minimum Gasteiger partial charge on any atom is -0.147 e. The summed E-state index contributed by atoms with van der Waals surface area (Å²) in [7, 11) is 0. The van der Waals surface area contributed by atoms with Crippen LogP contribution >= 0.6 is 24.8 Å². The second-order valence-corrected chi connectivity index (χ2v) is 47.8. The summed E-state index contributed by atoms with van der Waals surface area (Å²) in [5.41, 5.74) is 0.152. The Bertz CT molecular complexity index is 513. The first-order valence-electron chi connectivity index (χ1n) is 7.07. The van der Waals surface area contributed by atoms with Crippen LogP contribution < -0.4 is 3.26 Å². The van der Waals surface area contributed by atoms with E-state index in [9.17, 15) is 0 Å². The van der Waals surface area contributed by atoms with E-state index >= 15 is 0 Å². The minimum absolute atomic E-state index is 0. The standard InChI is InChI=1S/C5H5.C4H10N.C4H9.2CH3.2ClH.H2Si.Zr/c1-2-4-5-3-1;1-4(2,3)5;1-4(2)3;;;;;;/h1-3H,4H2;5H,1-3H3;1-3H3;2*1H3;2*1H;1H2;/q;-1;;;;;;;+1. The number of halogens is 2. The fourth-order valence-electron chi connectivity index (χ4n) is 3.27. The van der Waals surface area contributed by atoms with Crippen molar-refractivity contribution in [2.45, 2.75) is 65.9 Å². The zero-order chi connectivity index (χ0) is 14.5. The molecule has 0 aromatic rings. The van der Waals surface area contributed by atoms with Gasteiger partial charge >= 0.3 is 114 Å². The van der Waals surface area contributed by atoms with Crippen molar-refractivity contribution in [3.63, 3.8) is 0 Å². The average Bonchev–Trinajstić information content (AvgIpc) is 2.46. The summed E-state index contributed by atoms with van der Waals surface area (Å²) in [6, 6.07) is 0. The van der Waals surface area contributed by atoms with Gasteiger partial charge in [0.25, 0.3) is 0 Å². The van der Waals surface area contributed by atoms with E-state index in [0.717, 1.165) is 6.42 Å². The molecule has 0 heterocycles. The molecule has 0 aromatic heterocycles. The Labute approximate surface area is 137 Å². The van der Waals surface area contributed by atoms with Crippen molar-refractivity contribution in [2.24, 2.45) is 0 Å². The van der Waals surface area contributed by atoms with E-state index in [2.05, 4.69) is 79.2 Å². The van der Waals surface area contributed by atoms with Gasteiger partial charge in [0.1, 0.15) is 0 Å². The molecule has 20 heavy (non-hydrogen) atoms. The van der Waals surface area contributed by atoms with Crippen LogP contribution in [0.15, 0.2) is 21.5 Å². The Balaban J connectivity index is 0. The predicted molar refractivity (Wildman–Crippen MR) is 99.2 cm³/mol. The van der Waals surface area contributed by atoms with E-state index in [4.69, 9.17) is 0 Å². The third-order valence-electron chi connectivity index (χ3n) is 5.58. The summed E-state index contributed by atoms with van der Waals surface area (Å²) in [6.45, 7) is 16.5. The molecule has 1 nitrogen and oxygen atoms in total. The fraction of sp³-hybridized carbons (Fsp3) is 0.733. The Morgan fingerprint density at radius 2 is 1.50 bits per heavy atom. The molecule has 0 unspecified atom stereocenters. The molecule has 0 saturated carbocycles. The smallest absolute Gasteiger partial charge is 0.147 e.